The second-order valence-electron chi connectivity index (χ2n) is 5.67. The van der Waals surface area contributed by atoms with E-state index >= 15 is 0 Å². The molecule has 2 unspecified atom stereocenters. The number of aliphatic hydroxyl groups excluding tert-OH is 1. The molecule has 1 aliphatic carbocycles. The van der Waals surface area contributed by atoms with Gasteiger partial charge in [0.25, 0.3) is 11.8 Å². The Bertz CT molecular complexity index is 576. The topological polar surface area (TPSA) is 57.6 Å². The summed E-state index contributed by atoms with van der Waals surface area (Å²) in [7, 11) is 0. The molecule has 1 aromatic carbocycles. The Morgan fingerprint density at radius 1 is 1.05 bits per heavy atom. The van der Waals surface area contributed by atoms with Gasteiger partial charge in [-0.2, -0.15) is 0 Å². The Morgan fingerprint density at radius 3 is 2.10 bits per heavy atom. The highest BCUT2D eigenvalue weighted by Gasteiger charge is 2.39. The second kappa shape index (κ2) is 5.18. The van der Waals surface area contributed by atoms with Crippen molar-refractivity contribution in [2.75, 3.05) is 13.2 Å². The lowest BCUT2D eigenvalue weighted by atomic mass is 9.96. The summed E-state index contributed by atoms with van der Waals surface area (Å²) in [5.74, 6) is -3.32. The molecule has 6 heteroatoms. The number of halogens is 2. The molecule has 1 heterocycles. The van der Waals surface area contributed by atoms with Gasteiger partial charge in [0, 0.05) is 13.2 Å². The van der Waals surface area contributed by atoms with Crippen LogP contribution in [0.2, 0.25) is 0 Å². The van der Waals surface area contributed by atoms with E-state index < -0.39 is 23.4 Å². The number of fused-ring (bicyclic) bond motifs is 1. The first-order valence-corrected chi connectivity index (χ1v) is 6.99. The number of hydrogen-bond acceptors (Lipinski definition) is 3. The molecular weight excluding hydrogens is 280 g/mol. The molecule has 2 atom stereocenters. The number of carbonyl (C=O) groups is 2. The minimum absolute atomic E-state index is 0.0249. The van der Waals surface area contributed by atoms with Crippen molar-refractivity contribution in [3.63, 3.8) is 0 Å². The van der Waals surface area contributed by atoms with Crippen LogP contribution in [0.5, 0.6) is 0 Å². The smallest absolute Gasteiger partial charge is 0.261 e. The molecule has 1 aliphatic heterocycles. The zero-order chi connectivity index (χ0) is 15.1. The van der Waals surface area contributed by atoms with Crippen LogP contribution in [0.1, 0.15) is 40.0 Å². The van der Waals surface area contributed by atoms with E-state index in [4.69, 9.17) is 0 Å². The molecule has 1 N–H and O–H groups in total. The Hall–Kier alpha value is -1.82. The van der Waals surface area contributed by atoms with Gasteiger partial charge in [-0.3, -0.25) is 14.5 Å². The second-order valence-corrected chi connectivity index (χ2v) is 5.67. The summed E-state index contributed by atoms with van der Waals surface area (Å²) in [4.78, 5) is 25.5. The van der Waals surface area contributed by atoms with Crippen LogP contribution in [-0.2, 0) is 0 Å². The van der Waals surface area contributed by atoms with Gasteiger partial charge in [-0.15, -0.1) is 0 Å². The molecule has 112 valence electrons. The fourth-order valence-electron chi connectivity index (χ4n) is 3.28. The van der Waals surface area contributed by atoms with Crippen LogP contribution in [0.3, 0.4) is 0 Å². The van der Waals surface area contributed by atoms with E-state index in [0.29, 0.717) is 0 Å². The zero-order valence-corrected chi connectivity index (χ0v) is 11.3. The molecule has 2 aliphatic rings. The van der Waals surface area contributed by atoms with Crippen LogP contribution < -0.4 is 0 Å². The van der Waals surface area contributed by atoms with Gasteiger partial charge >= 0.3 is 0 Å². The summed E-state index contributed by atoms with van der Waals surface area (Å²) in [6.07, 6.45) is 2.65. The lowest BCUT2D eigenvalue weighted by Crippen LogP contribution is -2.36. The van der Waals surface area contributed by atoms with Crippen molar-refractivity contribution < 1.29 is 23.5 Å². The van der Waals surface area contributed by atoms with Crippen LogP contribution >= 0.6 is 0 Å². The third kappa shape index (κ3) is 2.23. The number of aliphatic hydroxyl groups is 1. The number of imide groups is 1. The number of nitrogens with zero attached hydrogens (tertiary/aromatic N) is 1. The van der Waals surface area contributed by atoms with E-state index in [0.717, 1.165) is 36.3 Å². The summed E-state index contributed by atoms with van der Waals surface area (Å²) in [5, 5.41) is 9.30. The first kappa shape index (κ1) is 14.1. The largest absolute Gasteiger partial charge is 0.396 e. The Labute approximate surface area is 120 Å². The monoisotopic (exact) mass is 295 g/mol. The highest BCUT2D eigenvalue weighted by Crippen LogP contribution is 2.34. The van der Waals surface area contributed by atoms with Gasteiger partial charge in [0.15, 0.2) is 11.6 Å². The van der Waals surface area contributed by atoms with Gasteiger partial charge in [-0.1, -0.05) is 6.42 Å². The Balaban J connectivity index is 1.86. The minimum atomic E-state index is -1.13. The molecule has 21 heavy (non-hydrogen) atoms. The quantitative estimate of drug-likeness (QED) is 0.867. The zero-order valence-electron chi connectivity index (χ0n) is 11.3. The van der Waals surface area contributed by atoms with Crippen molar-refractivity contribution in [1.82, 2.24) is 4.90 Å². The van der Waals surface area contributed by atoms with Crippen LogP contribution in [0.15, 0.2) is 12.1 Å². The first-order chi connectivity index (χ1) is 10.0. The maximum atomic E-state index is 13.2. The molecule has 0 spiro atoms. The molecule has 0 saturated heterocycles. The van der Waals surface area contributed by atoms with Crippen molar-refractivity contribution in [1.29, 1.82) is 0 Å². The lowest BCUT2D eigenvalue weighted by molar-refractivity contribution is 0.0601. The summed E-state index contributed by atoms with van der Waals surface area (Å²) < 4.78 is 26.5. The van der Waals surface area contributed by atoms with E-state index in [1.807, 2.05) is 0 Å². The summed E-state index contributed by atoms with van der Waals surface area (Å²) >= 11 is 0. The average Bonchev–Trinajstić information content (AvgIpc) is 3.00. The molecule has 1 aromatic rings. The molecule has 1 fully saturated rings. The van der Waals surface area contributed by atoms with Gasteiger partial charge in [-0.25, -0.2) is 8.78 Å². The van der Waals surface area contributed by atoms with Gasteiger partial charge in [-0.05, 0) is 36.8 Å². The highest BCUT2D eigenvalue weighted by molar-refractivity contribution is 6.21. The van der Waals surface area contributed by atoms with Gasteiger partial charge in [0.2, 0.25) is 0 Å². The predicted molar refractivity (Wildman–Crippen MR) is 69.6 cm³/mol. The van der Waals surface area contributed by atoms with E-state index in [2.05, 4.69) is 0 Å². The summed E-state index contributed by atoms with van der Waals surface area (Å²) in [5.41, 5.74) is -0.171. The van der Waals surface area contributed by atoms with Gasteiger partial charge in [0.1, 0.15) is 0 Å². The fraction of sp³-hybridized carbons (Fsp3) is 0.467. The third-order valence-electron chi connectivity index (χ3n) is 4.48. The predicted octanol–water partition coefficient (Wildman–Crippen LogP) is 1.97. The minimum Gasteiger partial charge on any atom is -0.396 e. The maximum Gasteiger partial charge on any atom is 0.261 e. The number of amides is 2. The average molecular weight is 295 g/mol. The number of benzene rings is 1. The molecular formula is C15H15F2NO3. The van der Waals surface area contributed by atoms with Crippen molar-refractivity contribution in [3.05, 3.63) is 34.9 Å². The number of rotatable bonds is 3. The van der Waals surface area contributed by atoms with Gasteiger partial charge < -0.3 is 5.11 Å². The van der Waals surface area contributed by atoms with Crippen LogP contribution in [0, 0.1) is 23.5 Å². The molecule has 1 saturated carbocycles. The molecule has 2 amide bonds. The lowest BCUT2D eigenvalue weighted by Gasteiger charge is -2.22. The van der Waals surface area contributed by atoms with Crippen molar-refractivity contribution in [2.24, 2.45) is 11.8 Å². The van der Waals surface area contributed by atoms with Gasteiger partial charge in [0.05, 0.1) is 11.1 Å². The van der Waals surface area contributed by atoms with Crippen LogP contribution in [-0.4, -0.2) is 35.0 Å². The van der Waals surface area contributed by atoms with E-state index in [-0.39, 0.29) is 36.1 Å². The van der Waals surface area contributed by atoms with Crippen molar-refractivity contribution in [2.45, 2.75) is 19.3 Å². The molecule has 3 rings (SSSR count). The highest BCUT2D eigenvalue weighted by atomic mass is 19.2. The molecule has 0 bridgehead atoms. The van der Waals surface area contributed by atoms with Crippen LogP contribution in [0.4, 0.5) is 8.78 Å². The molecule has 4 nitrogen and oxygen atoms in total. The Morgan fingerprint density at radius 2 is 1.57 bits per heavy atom. The van der Waals surface area contributed by atoms with E-state index in [9.17, 15) is 23.5 Å². The first-order valence-electron chi connectivity index (χ1n) is 6.99. The summed E-state index contributed by atoms with van der Waals surface area (Å²) in [6, 6.07) is 1.56. The fourth-order valence-corrected chi connectivity index (χ4v) is 3.28. The molecule has 0 radical (unpaired) electrons. The van der Waals surface area contributed by atoms with E-state index in [1.165, 1.54) is 0 Å². The van der Waals surface area contributed by atoms with Crippen molar-refractivity contribution >= 4 is 11.8 Å². The maximum absolute atomic E-state index is 13.2. The van der Waals surface area contributed by atoms with E-state index in [1.54, 1.807) is 0 Å². The normalized spacial score (nSPS) is 24.8. The third-order valence-corrected chi connectivity index (χ3v) is 4.48. The molecule has 0 aromatic heterocycles. The summed E-state index contributed by atoms with van der Waals surface area (Å²) in [6.45, 7) is 0.220. The SMILES string of the molecule is O=C1c2cc(F)c(F)cc2C(=O)N1CC1CCCC1CO. The Kier molecular flexibility index (Phi) is 3.49. The number of carbonyl (C=O) groups excluding carboxylic acids is 2. The number of hydrogen-bond donors (Lipinski definition) is 1. The standard InChI is InChI=1S/C15H15F2NO3/c16-12-4-10-11(5-13(12)17)15(21)18(14(10)20)6-8-2-1-3-9(8)7-19/h4-5,8-9,19H,1-3,6-7H2. The van der Waals surface area contributed by atoms with Crippen LogP contribution in [0.25, 0.3) is 0 Å². The van der Waals surface area contributed by atoms with Crippen molar-refractivity contribution in [3.8, 4) is 0 Å².